The first kappa shape index (κ1) is 15.3. The van der Waals surface area contributed by atoms with Gasteiger partial charge in [0.25, 0.3) is 0 Å². The van der Waals surface area contributed by atoms with Crippen LogP contribution in [0.3, 0.4) is 0 Å². The zero-order chi connectivity index (χ0) is 14.7. The molecular weight excluding hydrogens is 289 g/mol. The Morgan fingerprint density at radius 2 is 2.05 bits per heavy atom. The molecule has 0 bridgehead atoms. The van der Waals surface area contributed by atoms with Gasteiger partial charge >= 0.3 is 0 Å². The SMILES string of the molecule is Fc1ccc(CNCC2CCC3(CCCCC3)O2)cc1Cl. The van der Waals surface area contributed by atoms with Gasteiger partial charge in [-0.15, -0.1) is 0 Å². The zero-order valence-electron chi connectivity index (χ0n) is 12.3. The van der Waals surface area contributed by atoms with Gasteiger partial charge in [-0.05, 0) is 43.4 Å². The molecule has 2 nitrogen and oxygen atoms in total. The van der Waals surface area contributed by atoms with E-state index < -0.39 is 0 Å². The largest absolute Gasteiger partial charge is 0.370 e. The molecule has 2 aliphatic rings. The maximum atomic E-state index is 13.1. The Morgan fingerprint density at radius 1 is 1.24 bits per heavy atom. The van der Waals surface area contributed by atoms with Gasteiger partial charge in [-0.25, -0.2) is 4.39 Å². The van der Waals surface area contributed by atoms with Crippen molar-refractivity contribution < 1.29 is 9.13 Å². The predicted octanol–water partition coefficient (Wildman–Crippen LogP) is 4.45. The number of benzene rings is 1. The predicted molar refractivity (Wildman–Crippen MR) is 83.0 cm³/mol. The summed E-state index contributed by atoms with van der Waals surface area (Å²) in [6.45, 7) is 1.56. The van der Waals surface area contributed by atoms with E-state index in [0.29, 0.717) is 12.6 Å². The number of rotatable bonds is 4. The fourth-order valence-corrected chi connectivity index (χ4v) is 3.83. The Hall–Kier alpha value is -0.640. The van der Waals surface area contributed by atoms with Crippen LogP contribution in [0.2, 0.25) is 5.02 Å². The third-order valence-electron chi connectivity index (χ3n) is 4.79. The summed E-state index contributed by atoms with van der Waals surface area (Å²) in [6, 6.07) is 4.87. The second-order valence-electron chi connectivity index (χ2n) is 6.40. The molecule has 116 valence electrons. The summed E-state index contributed by atoms with van der Waals surface area (Å²) in [4.78, 5) is 0. The lowest BCUT2D eigenvalue weighted by Gasteiger charge is -2.33. The van der Waals surface area contributed by atoms with Crippen LogP contribution in [-0.4, -0.2) is 18.2 Å². The molecule has 1 spiro atoms. The van der Waals surface area contributed by atoms with Crippen LogP contribution in [0, 0.1) is 5.82 Å². The van der Waals surface area contributed by atoms with Crippen molar-refractivity contribution in [3.05, 3.63) is 34.6 Å². The normalized spacial score (nSPS) is 24.6. The minimum absolute atomic E-state index is 0.184. The molecule has 0 aromatic heterocycles. The van der Waals surface area contributed by atoms with E-state index in [9.17, 15) is 4.39 Å². The minimum Gasteiger partial charge on any atom is -0.370 e. The zero-order valence-corrected chi connectivity index (χ0v) is 13.1. The molecule has 0 amide bonds. The van der Waals surface area contributed by atoms with Gasteiger partial charge in [0.2, 0.25) is 0 Å². The molecule has 1 unspecified atom stereocenters. The second-order valence-corrected chi connectivity index (χ2v) is 6.81. The highest BCUT2D eigenvalue weighted by Gasteiger charge is 2.40. The third-order valence-corrected chi connectivity index (χ3v) is 5.08. The van der Waals surface area contributed by atoms with Crippen molar-refractivity contribution in [2.75, 3.05) is 6.54 Å². The Labute approximate surface area is 131 Å². The first-order chi connectivity index (χ1) is 10.2. The lowest BCUT2D eigenvalue weighted by Crippen LogP contribution is -2.34. The van der Waals surface area contributed by atoms with Crippen molar-refractivity contribution in [3.63, 3.8) is 0 Å². The summed E-state index contributed by atoms with van der Waals surface area (Å²) < 4.78 is 19.4. The number of hydrogen-bond donors (Lipinski definition) is 1. The lowest BCUT2D eigenvalue weighted by molar-refractivity contribution is -0.0624. The standard InChI is InChI=1S/C17H23ClFNO/c18-15-10-13(4-5-16(15)19)11-20-12-14-6-9-17(21-14)7-2-1-3-8-17/h4-5,10,14,20H,1-3,6-9,11-12H2. The van der Waals surface area contributed by atoms with E-state index in [4.69, 9.17) is 16.3 Å². The van der Waals surface area contributed by atoms with Gasteiger partial charge in [-0.3, -0.25) is 0 Å². The Bertz CT molecular complexity index is 488. The van der Waals surface area contributed by atoms with Crippen LogP contribution in [0.1, 0.15) is 50.5 Å². The molecule has 1 aliphatic heterocycles. The van der Waals surface area contributed by atoms with Crippen LogP contribution in [0.5, 0.6) is 0 Å². The molecule has 1 atom stereocenters. The van der Waals surface area contributed by atoms with Crippen molar-refractivity contribution >= 4 is 11.6 Å². The number of halogens is 2. The molecule has 1 saturated heterocycles. The number of nitrogens with one attached hydrogen (secondary N) is 1. The van der Waals surface area contributed by atoms with Gasteiger partial charge in [0.05, 0.1) is 16.7 Å². The summed E-state index contributed by atoms with van der Waals surface area (Å²) in [5.41, 5.74) is 1.19. The van der Waals surface area contributed by atoms with Crippen LogP contribution in [-0.2, 0) is 11.3 Å². The summed E-state index contributed by atoms with van der Waals surface area (Å²) in [7, 11) is 0. The van der Waals surface area contributed by atoms with E-state index in [2.05, 4.69) is 5.32 Å². The van der Waals surface area contributed by atoms with Crippen molar-refractivity contribution in [3.8, 4) is 0 Å². The van der Waals surface area contributed by atoms with Crippen LogP contribution < -0.4 is 5.32 Å². The molecule has 1 aromatic carbocycles. The topological polar surface area (TPSA) is 21.3 Å². The van der Waals surface area contributed by atoms with Crippen molar-refractivity contribution in [1.82, 2.24) is 5.32 Å². The minimum atomic E-state index is -0.362. The molecule has 1 N–H and O–H groups in total. The maximum Gasteiger partial charge on any atom is 0.141 e. The van der Waals surface area contributed by atoms with E-state index in [0.717, 1.165) is 18.5 Å². The van der Waals surface area contributed by atoms with Crippen molar-refractivity contribution in [2.24, 2.45) is 0 Å². The first-order valence-electron chi connectivity index (χ1n) is 7.99. The molecule has 3 rings (SSSR count). The van der Waals surface area contributed by atoms with E-state index in [1.807, 2.05) is 0 Å². The van der Waals surface area contributed by atoms with E-state index in [-0.39, 0.29) is 16.4 Å². The molecule has 4 heteroatoms. The lowest BCUT2D eigenvalue weighted by atomic mass is 9.83. The molecule has 1 aromatic rings. The molecule has 1 saturated carbocycles. The van der Waals surface area contributed by atoms with E-state index in [1.54, 1.807) is 12.1 Å². The van der Waals surface area contributed by atoms with Gasteiger partial charge in [0.1, 0.15) is 5.82 Å². The highest BCUT2D eigenvalue weighted by molar-refractivity contribution is 6.30. The second kappa shape index (κ2) is 6.64. The van der Waals surface area contributed by atoms with Crippen LogP contribution in [0.15, 0.2) is 18.2 Å². The average molecular weight is 312 g/mol. The molecule has 21 heavy (non-hydrogen) atoms. The Morgan fingerprint density at radius 3 is 2.81 bits per heavy atom. The Kier molecular flexibility index (Phi) is 4.82. The smallest absolute Gasteiger partial charge is 0.141 e. The van der Waals surface area contributed by atoms with Crippen molar-refractivity contribution in [2.45, 2.75) is 63.2 Å². The summed E-state index contributed by atoms with van der Waals surface area (Å²) >= 11 is 5.79. The fraction of sp³-hybridized carbons (Fsp3) is 0.647. The van der Waals surface area contributed by atoms with E-state index in [1.165, 1.54) is 44.6 Å². The number of ether oxygens (including phenoxy) is 1. The van der Waals surface area contributed by atoms with Gasteiger partial charge in [0, 0.05) is 13.1 Å². The molecule has 2 fully saturated rings. The van der Waals surface area contributed by atoms with Crippen LogP contribution >= 0.6 is 11.6 Å². The third kappa shape index (κ3) is 3.77. The van der Waals surface area contributed by atoms with Crippen LogP contribution in [0.4, 0.5) is 4.39 Å². The monoisotopic (exact) mass is 311 g/mol. The van der Waals surface area contributed by atoms with Gasteiger partial charge < -0.3 is 10.1 Å². The highest BCUT2D eigenvalue weighted by atomic mass is 35.5. The summed E-state index contributed by atoms with van der Waals surface area (Å²) in [6.07, 6.45) is 9.13. The molecule has 1 aliphatic carbocycles. The van der Waals surface area contributed by atoms with Crippen LogP contribution in [0.25, 0.3) is 0 Å². The number of hydrogen-bond acceptors (Lipinski definition) is 2. The first-order valence-corrected chi connectivity index (χ1v) is 8.37. The highest BCUT2D eigenvalue weighted by Crippen LogP contribution is 2.41. The average Bonchev–Trinajstić information content (AvgIpc) is 2.86. The van der Waals surface area contributed by atoms with E-state index >= 15 is 0 Å². The summed E-state index contributed by atoms with van der Waals surface area (Å²) in [5.74, 6) is -0.362. The van der Waals surface area contributed by atoms with Gasteiger partial charge in [0.15, 0.2) is 0 Å². The summed E-state index contributed by atoms with van der Waals surface area (Å²) in [5, 5.41) is 3.59. The van der Waals surface area contributed by atoms with Gasteiger partial charge in [-0.1, -0.05) is 36.9 Å². The molecule has 0 radical (unpaired) electrons. The van der Waals surface area contributed by atoms with Gasteiger partial charge in [-0.2, -0.15) is 0 Å². The molecular formula is C17H23ClFNO. The maximum absolute atomic E-state index is 13.1. The molecule has 1 heterocycles. The quantitative estimate of drug-likeness (QED) is 0.887. The fourth-order valence-electron chi connectivity index (χ4n) is 3.63. The van der Waals surface area contributed by atoms with Crippen molar-refractivity contribution in [1.29, 1.82) is 0 Å². The Balaban J connectivity index is 1.44.